The molecule has 3 rings (SSSR count). The Morgan fingerprint density at radius 3 is 1.44 bits per heavy atom. The molecular weight excluding hydrogens is 220 g/mol. The van der Waals surface area contributed by atoms with E-state index >= 15 is 0 Å². The first kappa shape index (κ1) is 12.7. The molecule has 3 aliphatic carbocycles. The van der Waals surface area contributed by atoms with Gasteiger partial charge in [-0.25, -0.2) is 0 Å². The second-order valence-electron chi connectivity index (χ2n) is 7.10. The minimum Gasteiger partial charge on any atom is -0.300 e. The summed E-state index contributed by atoms with van der Waals surface area (Å²) in [5.74, 6) is 4.53. The highest BCUT2D eigenvalue weighted by atomic mass is 16.1. The summed E-state index contributed by atoms with van der Waals surface area (Å²) in [5.41, 5.74) is 0. The minimum atomic E-state index is 0.519. The van der Waals surface area contributed by atoms with Gasteiger partial charge in [-0.1, -0.05) is 25.7 Å². The fourth-order valence-corrected chi connectivity index (χ4v) is 4.95. The normalized spacial score (nSPS) is 36.1. The van der Waals surface area contributed by atoms with E-state index in [1.807, 2.05) is 0 Å². The summed E-state index contributed by atoms with van der Waals surface area (Å²) < 4.78 is 0. The van der Waals surface area contributed by atoms with E-state index < -0.39 is 0 Å². The van der Waals surface area contributed by atoms with Crippen molar-refractivity contribution in [2.24, 2.45) is 23.7 Å². The van der Waals surface area contributed by atoms with Gasteiger partial charge in [0.15, 0.2) is 0 Å². The molecule has 3 saturated carbocycles. The number of rotatable bonds is 2. The van der Waals surface area contributed by atoms with E-state index in [9.17, 15) is 4.79 Å². The Bertz CT molecular complexity index is 272. The molecule has 1 heteroatoms. The van der Waals surface area contributed by atoms with E-state index in [1.54, 1.807) is 0 Å². The zero-order valence-corrected chi connectivity index (χ0v) is 11.7. The van der Waals surface area contributed by atoms with Crippen LogP contribution in [-0.2, 0) is 4.79 Å². The van der Waals surface area contributed by atoms with Crippen LogP contribution in [0.1, 0.15) is 77.0 Å². The first-order valence-corrected chi connectivity index (χ1v) is 8.34. The molecule has 0 heterocycles. The van der Waals surface area contributed by atoms with Gasteiger partial charge in [-0.3, -0.25) is 4.79 Å². The largest absolute Gasteiger partial charge is 0.300 e. The standard InChI is InChI=1S/C17H28O/c18-17-11-9-16(10-12-17)15-7-5-14(6-8-15)13-3-1-2-4-13/h13-16H,1-12H2. The molecule has 0 atom stereocenters. The predicted octanol–water partition coefficient (Wildman–Crippen LogP) is 4.74. The Morgan fingerprint density at radius 1 is 0.556 bits per heavy atom. The lowest BCUT2D eigenvalue weighted by atomic mass is 9.68. The van der Waals surface area contributed by atoms with Crippen LogP contribution in [0.2, 0.25) is 0 Å². The van der Waals surface area contributed by atoms with Crippen molar-refractivity contribution in [3.8, 4) is 0 Å². The molecule has 102 valence electrons. The van der Waals surface area contributed by atoms with Crippen LogP contribution in [0.5, 0.6) is 0 Å². The Hall–Kier alpha value is -0.330. The van der Waals surface area contributed by atoms with Gasteiger partial charge in [0.05, 0.1) is 0 Å². The molecule has 0 N–H and O–H groups in total. The SMILES string of the molecule is O=C1CCC(C2CCC(C3CCCC3)CC2)CC1. The summed E-state index contributed by atoms with van der Waals surface area (Å²) in [7, 11) is 0. The highest BCUT2D eigenvalue weighted by molar-refractivity contribution is 5.79. The number of carbonyl (C=O) groups is 1. The molecule has 0 aromatic carbocycles. The molecule has 0 aromatic rings. The molecule has 0 radical (unpaired) electrons. The summed E-state index contributed by atoms with van der Waals surface area (Å²) in [6, 6.07) is 0. The smallest absolute Gasteiger partial charge is 0.132 e. The van der Waals surface area contributed by atoms with Crippen molar-refractivity contribution in [3.05, 3.63) is 0 Å². The average Bonchev–Trinajstić information content (AvgIpc) is 2.94. The number of hydrogen-bond donors (Lipinski definition) is 0. The van der Waals surface area contributed by atoms with Gasteiger partial charge in [0.1, 0.15) is 5.78 Å². The zero-order chi connectivity index (χ0) is 12.4. The number of hydrogen-bond acceptors (Lipinski definition) is 1. The van der Waals surface area contributed by atoms with Crippen LogP contribution in [0.15, 0.2) is 0 Å². The van der Waals surface area contributed by atoms with E-state index in [4.69, 9.17) is 0 Å². The summed E-state index contributed by atoms with van der Waals surface area (Å²) in [6.45, 7) is 0. The van der Waals surface area contributed by atoms with Crippen molar-refractivity contribution >= 4 is 5.78 Å². The topological polar surface area (TPSA) is 17.1 Å². The summed E-state index contributed by atoms with van der Waals surface area (Å²) >= 11 is 0. The van der Waals surface area contributed by atoms with Gasteiger partial charge >= 0.3 is 0 Å². The lowest BCUT2D eigenvalue weighted by Crippen LogP contribution is -2.27. The maximum absolute atomic E-state index is 11.3. The van der Waals surface area contributed by atoms with Crippen LogP contribution in [0.25, 0.3) is 0 Å². The van der Waals surface area contributed by atoms with E-state index in [0.717, 1.165) is 36.5 Å². The summed E-state index contributed by atoms with van der Waals surface area (Å²) in [4.78, 5) is 11.3. The first-order chi connectivity index (χ1) is 8.83. The number of Topliss-reactive ketones (excluding diaryl/α,β-unsaturated/α-hetero) is 1. The highest BCUT2D eigenvalue weighted by Gasteiger charge is 2.33. The molecule has 0 aliphatic heterocycles. The van der Waals surface area contributed by atoms with Crippen molar-refractivity contribution < 1.29 is 4.79 Å². The van der Waals surface area contributed by atoms with Gasteiger partial charge in [-0.2, -0.15) is 0 Å². The second kappa shape index (κ2) is 5.75. The summed E-state index contributed by atoms with van der Waals surface area (Å²) in [6.07, 6.45) is 16.2. The third-order valence-electron chi connectivity index (χ3n) is 6.14. The molecule has 0 amide bonds. The fraction of sp³-hybridized carbons (Fsp3) is 0.941. The Balaban J connectivity index is 1.46. The van der Waals surface area contributed by atoms with Crippen molar-refractivity contribution in [3.63, 3.8) is 0 Å². The molecule has 0 saturated heterocycles. The van der Waals surface area contributed by atoms with Gasteiger partial charge in [-0.15, -0.1) is 0 Å². The van der Waals surface area contributed by atoms with Gasteiger partial charge in [-0.05, 0) is 62.2 Å². The molecule has 18 heavy (non-hydrogen) atoms. The Kier molecular flexibility index (Phi) is 4.06. The molecular formula is C17H28O. The third kappa shape index (κ3) is 2.81. The first-order valence-electron chi connectivity index (χ1n) is 8.34. The fourth-order valence-electron chi connectivity index (χ4n) is 4.95. The van der Waals surface area contributed by atoms with Crippen LogP contribution in [0.3, 0.4) is 0 Å². The number of carbonyl (C=O) groups excluding carboxylic acids is 1. The molecule has 3 fully saturated rings. The second-order valence-corrected chi connectivity index (χ2v) is 7.10. The highest BCUT2D eigenvalue weighted by Crippen LogP contribution is 2.44. The lowest BCUT2D eigenvalue weighted by Gasteiger charge is -2.37. The molecule has 3 aliphatic rings. The van der Waals surface area contributed by atoms with E-state index in [1.165, 1.54) is 64.2 Å². The molecule has 1 nitrogen and oxygen atoms in total. The molecule has 0 unspecified atom stereocenters. The Morgan fingerprint density at radius 2 is 0.944 bits per heavy atom. The monoisotopic (exact) mass is 248 g/mol. The molecule has 0 spiro atoms. The van der Waals surface area contributed by atoms with E-state index in [-0.39, 0.29) is 0 Å². The average molecular weight is 248 g/mol. The Labute approximate surface area is 112 Å². The van der Waals surface area contributed by atoms with Crippen LogP contribution < -0.4 is 0 Å². The van der Waals surface area contributed by atoms with Gasteiger partial charge < -0.3 is 0 Å². The molecule has 0 bridgehead atoms. The maximum Gasteiger partial charge on any atom is 0.132 e. The third-order valence-corrected chi connectivity index (χ3v) is 6.14. The van der Waals surface area contributed by atoms with Crippen molar-refractivity contribution in [1.29, 1.82) is 0 Å². The quantitative estimate of drug-likeness (QED) is 0.689. The van der Waals surface area contributed by atoms with Crippen molar-refractivity contribution in [1.82, 2.24) is 0 Å². The van der Waals surface area contributed by atoms with Crippen molar-refractivity contribution in [2.75, 3.05) is 0 Å². The molecule has 0 aromatic heterocycles. The summed E-state index contributed by atoms with van der Waals surface area (Å²) in [5, 5.41) is 0. The van der Waals surface area contributed by atoms with Crippen LogP contribution in [-0.4, -0.2) is 5.78 Å². The van der Waals surface area contributed by atoms with Gasteiger partial charge in [0, 0.05) is 12.8 Å². The van der Waals surface area contributed by atoms with Gasteiger partial charge in [0.25, 0.3) is 0 Å². The van der Waals surface area contributed by atoms with Crippen molar-refractivity contribution in [2.45, 2.75) is 77.0 Å². The van der Waals surface area contributed by atoms with Gasteiger partial charge in [0.2, 0.25) is 0 Å². The minimum absolute atomic E-state index is 0.519. The van der Waals surface area contributed by atoms with Crippen LogP contribution in [0.4, 0.5) is 0 Å². The van der Waals surface area contributed by atoms with Crippen LogP contribution in [0, 0.1) is 23.7 Å². The van der Waals surface area contributed by atoms with Crippen LogP contribution >= 0.6 is 0 Å². The zero-order valence-electron chi connectivity index (χ0n) is 11.7. The number of ketones is 1. The van der Waals surface area contributed by atoms with E-state index in [2.05, 4.69) is 0 Å². The van der Waals surface area contributed by atoms with E-state index in [0.29, 0.717) is 5.78 Å². The lowest BCUT2D eigenvalue weighted by molar-refractivity contribution is -0.121. The predicted molar refractivity (Wildman–Crippen MR) is 74.4 cm³/mol. The maximum atomic E-state index is 11.3.